The van der Waals surface area contributed by atoms with E-state index in [2.05, 4.69) is 32.7 Å². The number of benzene rings is 2. The summed E-state index contributed by atoms with van der Waals surface area (Å²) in [6.45, 7) is 2.36. The molecule has 0 saturated carbocycles. The topological polar surface area (TPSA) is 85.8 Å². The van der Waals surface area contributed by atoms with E-state index in [1.807, 2.05) is 85.3 Å². The van der Waals surface area contributed by atoms with Gasteiger partial charge in [0, 0.05) is 36.3 Å². The van der Waals surface area contributed by atoms with Crippen LogP contribution in [0.25, 0.3) is 11.1 Å². The first-order valence-corrected chi connectivity index (χ1v) is 11.1. The zero-order valence-corrected chi connectivity index (χ0v) is 18.4. The largest absolute Gasteiger partial charge is 0.470 e. The number of nitrogens with one attached hydrogen (secondary N) is 3. The average Bonchev–Trinajstić information content (AvgIpc) is 3.43. The Morgan fingerprint density at radius 3 is 2.45 bits per heavy atom. The van der Waals surface area contributed by atoms with Crippen LogP contribution in [0.5, 0.6) is 5.88 Å². The third kappa shape index (κ3) is 6.45. The number of ether oxygens (including phenoxy) is 1. The van der Waals surface area contributed by atoms with E-state index in [-0.39, 0.29) is 6.10 Å². The van der Waals surface area contributed by atoms with E-state index in [9.17, 15) is 0 Å². The highest BCUT2D eigenvalue weighted by molar-refractivity contribution is 5.69. The maximum atomic E-state index is 8.83. The van der Waals surface area contributed by atoms with E-state index in [1.165, 1.54) is 5.56 Å². The zero-order chi connectivity index (χ0) is 22.7. The van der Waals surface area contributed by atoms with E-state index in [1.54, 1.807) is 0 Å². The van der Waals surface area contributed by atoms with Crippen molar-refractivity contribution in [3.05, 3.63) is 103 Å². The maximum absolute atomic E-state index is 8.83. The number of rotatable bonds is 6. The second kappa shape index (κ2) is 11.5. The van der Waals surface area contributed by atoms with Gasteiger partial charge in [-0.15, -0.1) is 0 Å². The number of pyridine rings is 1. The van der Waals surface area contributed by atoms with E-state index >= 15 is 0 Å². The van der Waals surface area contributed by atoms with Gasteiger partial charge in [0.1, 0.15) is 6.10 Å². The number of aromatic nitrogens is 2. The zero-order valence-electron chi connectivity index (χ0n) is 18.4. The van der Waals surface area contributed by atoms with Crippen LogP contribution >= 0.6 is 0 Å². The fraction of sp³-hybridized carbons (Fsp3) is 0.185. The Morgan fingerprint density at radius 1 is 1.03 bits per heavy atom. The summed E-state index contributed by atoms with van der Waals surface area (Å²) in [5.41, 5.74) is 5.01. The second-order valence-electron chi connectivity index (χ2n) is 7.71. The van der Waals surface area contributed by atoms with Crippen molar-refractivity contribution in [2.45, 2.75) is 12.5 Å². The van der Waals surface area contributed by atoms with Crippen molar-refractivity contribution in [1.29, 1.82) is 5.26 Å². The minimum absolute atomic E-state index is 0.0454. The lowest BCUT2D eigenvalue weighted by Crippen LogP contribution is -2.40. The highest BCUT2D eigenvalue weighted by Gasteiger charge is 2.20. The molecular weight excluding hydrogens is 410 g/mol. The van der Waals surface area contributed by atoms with Crippen molar-refractivity contribution in [1.82, 2.24) is 15.3 Å². The highest BCUT2D eigenvalue weighted by atomic mass is 16.5. The summed E-state index contributed by atoms with van der Waals surface area (Å²) in [6.07, 6.45) is 6.65. The van der Waals surface area contributed by atoms with Gasteiger partial charge in [-0.25, -0.2) is 4.98 Å². The summed E-state index contributed by atoms with van der Waals surface area (Å²) < 4.78 is 6.01. The van der Waals surface area contributed by atoms with E-state index in [4.69, 9.17) is 10.00 Å². The van der Waals surface area contributed by atoms with Crippen molar-refractivity contribution < 1.29 is 4.74 Å². The van der Waals surface area contributed by atoms with Crippen LogP contribution in [0.1, 0.15) is 11.1 Å². The van der Waals surface area contributed by atoms with Gasteiger partial charge in [-0.05, 0) is 42.8 Å². The van der Waals surface area contributed by atoms with Gasteiger partial charge in [-0.1, -0.05) is 48.5 Å². The normalized spacial score (nSPS) is 14.0. The molecule has 4 aromatic rings. The third-order valence-corrected chi connectivity index (χ3v) is 5.29. The first kappa shape index (κ1) is 22.1. The lowest BCUT2D eigenvalue weighted by Gasteiger charge is -2.27. The summed E-state index contributed by atoms with van der Waals surface area (Å²) in [6, 6.07) is 25.9. The van der Waals surface area contributed by atoms with Gasteiger partial charge in [0.2, 0.25) is 5.88 Å². The summed E-state index contributed by atoms with van der Waals surface area (Å²) in [7, 11) is 0. The minimum Gasteiger partial charge on any atom is -0.470 e. The summed E-state index contributed by atoms with van der Waals surface area (Å²) in [5.74, 6) is 0.652. The van der Waals surface area contributed by atoms with Gasteiger partial charge in [-0.3, -0.25) is 0 Å². The molecule has 0 bridgehead atoms. The minimum atomic E-state index is 0.0454. The molecule has 33 heavy (non-hydrogen) atoms. The Balaban J connectivity index is 0.000000376. The van der Waals surface area contributed by atoms with Gasteiger partial charge >= 0.3 is 0 Å². The molecule has 6 nitrogen and oxygen atoms in total. The van der Waals surface area contributed by atoms with Crippen LogP contribution < -0.4 is 15.4 Å². The number of H-pyrrole nitrogens is 1. The summed E-state index contributed by atoms with van der Waals surface area (Å²) in [5, 5.41) is 15.7. The van der Waals surface area contributed by atoms with Crippen LogP contribution in [0, 0.1) is 11.3 Å². The van der Waals surface area contributed by atoms with Crippen LogP contribution in [0.3, 0.4) is 0 Å². The van der Waals surface area contributed by atoms with E-state index in [0.29, 0.717) is 11.4 Å². The molecule has 1 aliphatic heterocycles. The molecule has 1 aliphatic rings. The Labute approximate surface area is 194 Å². The first-order valence-electron chi connectivity index (χ1n) is 11.1. The standard InChI is InChI=1S/C21H21N5O.C6H6/c22-10-16-3-1-15(2-4-16)5-7-24-13-19-14-25-20-9-18(12-26-21(20)27-19)17-6-8-23-11-17;1-2-4-6-5-3-1/h1-4,6,8-9,11-12,19,23-25H,5,7,13-14H2;1-6H. The number of nitriles is 1. The number of aromatic amines is 1. The molecule has 0 aliphatic carbocycles. The number of anilines is 1. The van der Waals surface area contributed by atoms with Gasteiger partial charge < -0.3 is 20.4 Å². The molecule has 2 aromatic heterocycles. The molecule has 2 aromatic carbocycles. The van der Waals surface area contributed by atoms with Crippen molar-refractivity contribution in [2.24, 2.45) is 0 Å². The Kier molecular flexibility index (Phi) is 7.72. The quantitative estimate of drug-likeness (QED) is 0.383. The van der Waals surface area contributed by atoms with E-state index in [0.717, 1.165) is 42.9 Å². The lowest BCUT2D eigenvalue weighted by atomic mass is 10.1. The second-order valence-corrected chi connectivity index (χ2v) is 7.71. The molecule has 6 heteroatoms. The monoisotopic (exact) mass is 437 g/mol. The van der Waals surface area contributed by atoms with Crippen LogP contribution in [-0.4, -0.2) is 35.7 Å². The molecular formula is C27H27N5O. The Hall–Kier alpha value is -4.08. The van der Waals surface area contributed by atoms with Crippen LogP contribution in [-0.2, 0) is 6.42 Å². The number of hydrogen-bond donors (Lipinski definition) is 3. The molecule has 3 heterocycles. The SMILES string of the molecule is N#Cc1ccc(CCNCC2CNc3cc(-c4cc[nH]c4)cnc3O2)cc1.c1ccccc1. The maximum Gasteiger partial charge on any atom is 0.237 e. The highest BCUT2D eigenvalue weighted by Crippen LogP contribution is 2.30. The number of fused-ring (bicyclic) bond motifs is 1. The molecule has 5 rings (SSSR count). The molecule has 3 N–H and O–H groups in total. The van der Waals surface area contributed by atoms with Crippen molar-refractivity contribution in [2.75, 3.05) is 25.0 Å². The Morgan fingerprint density at radius 2 is 1.79 bits per heavy atom. The number of nitrogens with zero attached hydrogens (tertiary/aromatic N) is 2. The Bertz CT molecular complexity index is 1120. The summed E-state index contributed by atoms with van der Waals surface area (Å²) in [4.78, 5) is 7.52. The molecule has 0 radical (unpaired) electrons. The third-order valence-electron chi connectivity index (χ3n) is 5.29. The van der Waals surface area contributed by atoms with Gasteiger partial charge in [0.15, 0.2) is 0 Å². The van der Waals surface area contributed by atoms with Crippen molar-refractivity contribution >= 4 is 5.69 Å². The van der Waals surface area contributed by atoms with Crippen molar-refractivity contribution in [3.63, 3.8) is 0 Å². The van der Waals surface area contributed by atoms with Crippen LogP contribution in [0.4, 0.5) is 5.69 Å². The van der Waals surface area contributed by atoms with Gasteiger partial charge in [0.25, 0.3) is 0 Å². The molecule has 0 spiro atoms. The molecule has 166 valence electrons. The molecule has 1 atom stereocenters. The van der Waals surface area contributed by atoms with Gasteiger partial charge in [0.05, 0.1) is 23.9 Å². The predicted octanol–water partition coefficient (Wildman–Crippen LogP) is 4.64. The number of hydrogen-bond acceptors (Lipinski definition) is 5. The molecule has 0 amide bonds. The summed E-state index contributed by atoms with van der Waals surface area (Å²) >= 11 is 0. The molecule has 0 saturated heterocycles. The molecule has 0 fully saturated rings. The first-order chi connectivity index (χ1) is 16.3. The van der Waals surface area contributed by atoms with Crippen molar-refractivity contribution in [3.8, 4) is 23.1 Å². The smallest absolute Gasteiger partial charge is 0.237 e. The van der Waals surface area contributed by atoms with E-state index < -0.39 is 0 Å². The lowest BCUT2D eigenvalue weighted by molar-refractivity contribution is 0.194. The predicted molar refractivity (Wildman–Crippen MR) is 131 cm³/mol. The average molecular weight is 438 g/mol. The van der Waals surface area contributed by atoms with Gasteiger partial charge in [-0.2, -0.15) is 5.26 Å². The fourth-order valence-corrected chi connectivity index (χ4v) is 3.50. The van der Waals surface area contributed by atoms with Crippen LogP contribution in [0.15, 0.2) is 91.4 Å². The van der Waals surface area contributed by atoms with Crippen LogP contribution in [0.2, 0.25) is 0 Å². The molecule has 1 unspecified atom stereocenters. The fourth-order valence-electron chi connectivity index (χ4n) is 3.50.